The van der Waals surface area contributed by atoms with Gasteiger partial charge in [0.1, 0.15) is 6.26 Å². The van der Waals surface area contributed by atoms with Gasteiger partial charge in [0.05, 0.1) is 11.8 Å². The third-order valence-electron chi connectivity index (χ3n) is 1.60. The second-order valence-electron chi connectivity index (χ2n) is 2.53. The molecular weight excluding hydrogens is 156 g/mol. The van der Waals surface area contributed by atoms with E-state index in [9.17, 15) is 4.79 Å². The summed E-state index contributed by atoms with van der Waals surface area (Å²) in [7, 11) is 1.63. The fourth-order valence-corrected chi connectivity index (χ4v) is 0.945. The van der Waals surface area contributed by atoms with E-state index in [1.807, 2.05) is 0 Å². The molecule has 0 radical (unpaired) electrons. The Morgan fingerprint density at radius 2 is 2.50 bits per heavy atom. The SMILES string of the molecule is COCCCC(=O)c1ccoc1. The Kier molecular flexibility index (Phi) is 3.54. The molecule has 0 bridgehead atoms. The van der Waals surface area contributed by atoms with E-state index in [4.69, 9.17) is 9.15 Å². The van der Waals surface area contributed by atoms with Gasteiger partial charge in [-0.25, -0.2) is 0 Å². The van der Waals surface area contributed by atoms with Gasteiger partial charge in [0.2, 0.25) is 0 Å². The van der Waals surface area contributed by atoms with Crippen LogP contribution >= 0.6 is 0 Å². The van der Waals surface area contributed by atoms with Gasteiger partial charge in [0, 0.05) is 20.1 Å². The van der Waals surface area contributed by atoms with Crippen LogP contribution in [0.3, 0.4) is 0 Å². The van der Waals surface area contributed by atoms with Gasteiger partial charge in [-0.1, -0.05) is 0 Å². The first kappa shape index (κ1) is 9.00. The second kappa shape index (κ2) is 4.72. The van der Waals surface area contributed by atoms with Crippen molar-refractivity contribution in [3.63, 3.8) is 0 Å². The van der Waals surface area contributed by atoms with Crippen molar-refractivity contribution in [2.75, 3.05) is 13.7 Å². The van der Waals surface area contributed by atoms with E-state index < -0.39 is 0 Å². The lowest BCUT2D eigenvalue weighted by atomic mass is 10.1. The molecule has 1 aromatic heterocycles. The van der Waals surface area contributed by atoms with Gasteiger partial charge < -0.3 is 9.15 Å². The van der Waals surface area contributed by atoms with Gasteiger partial charge in [-0.3, -0.25) is 4.79 Å². The predicted octanol–water partition coefficient (Wildman–Crippen LogP) is 1.89. The van der Waals surface area contributed by atoms with Crippen LogP contribution in [0.15, 0.2) is 23.0 Å². The van der Waals surface area contributed by atoms with E-state index in [0.29, 0.717) is 18.6 Å². The minimum Gasteiger partial charge on any atom is -0.472 e. The fraction of sp³-hybridized carbons (Fsp3) is 0.444. The van der Waals surface area contributed by atoms with Crippen LogP contribution in [0.25, 0.3) is 0 Å². The third kappa shape index (κ3) is 2.51. The average molecular weight is 168 g/mol. The first-order valence-corrected chi connectivity index (χ1v) is 3.89. The number of rotatable bonds is 5. The van der Waals surface area contributed by atoms with Crippen molar-refractivity contribution in [2.24, 2.45) is 0 Å². The van der Waals surface area contributed by atoms with Crippen LogP contribution in [0.4, 0.5) is 0 Å². The number of Topliss-reactive ketones (excluding diaryl/α,β-unsaturated/α-hetero) is 1. The molecule has 0 saturated carbocycles. The summed E-state index contributed by atoms with van der Waals surface area (Å²) in [6, 6.07) is 1.68. The summed E-state index contributed by atoms with van der Waals surface area (Å²) in [6.45, 7) is 0.629. The quantitative estimate of drug-likeness (QED) is 0.498. The molecule has 3 nitrogen and oxygen atoms in total. The Morgan fingerprint density at radius 3 is 3.08 bits per heavy atom. The third-order valence-corrected chi connectivity index (χ3v) is 1.60. The number of methoxy groups -OCH3 is 1. The lowest BCUT2D eigenvalue weighted by molar-refractivity contribution is 0.0963. The van der Waals surface area contributed by atoms with E-state index >= 15 is 0 Å². The van der Waals surface area contributed by atoms with Gasteiger partial charge in [0.15, 0.2) is 5.78 Å². The summed E-state index contributed by atoms with van der Waals surface area (Å²) < 4.78 is 9.62. The molecule has 12 heavy (non-hydrogen) atoms. The minimum absolute atomic E-state index is 0.112. The topological polar surface area (TPSA) is 39.4 Å². The lowest BCUT2D eigenvalue weighted by Crippen LogP contribution is -1.99. The summed E-state index contributed by atoms with van der Waals surface area (Å²) in [5.41, 5.74) is 0.645. The van der Waals surface area contributed by atoms with Crippen molar-refractivity contribution < 1.29 is 13.9 Å². The van der Waals surface area contributed by atoms with Crippen molar-refractivity contribution >= 4 is 5.78 Å². The van der Waals surface area contributed by atoms with Crippen LogP contribution in [0.5, 0.6) is 0 Å². The zero-order chi connectivity index (χ0) is 8.81. The standard InChI is InChI=1S/C9H12O3/c1-11-5-2-3-9(10)8-4-6-12-7-8/h4,6-7H,2-3,5H2,1H3. The van der Waals surface area contributed by atoms with Crippen LogP contribution in [0.1, 0.15) is 23.2 Å². The highest BCUT2D eigenvalue weighted by Gasteiger charge is 2.05. The Labute approximate surface area is 71.3 Å². The molecule has 0 N–H and O–H groups in total. The van der Waals surface area contributed by atoms with Gasteiger partial charge in [-0.2, -0.15) is 0 Å². The second-order valence-corrected chi connectivity index (χ2v) is 2.53. The zero-order valence-corrected chi connectivity index (χ0v) is 7.08. The first-order chi connectivity index (χ1) is 5.84. The van der Waals surface area contributed by atoms with Crippen LogP contribution in [0, 0.1) is 0 Å². The Balaban J connectivity index is 2.30. The molecule has 0 fully saturated rings. The molecule has 0 saturated heterocycles. The Hall–Kier alpha value is -1.09. The van der Waals surface area contributed by atoms with Gasteiger partial charge in [-0.05, 0) is 12.5 Å². The number of carbonyl (C=O) groups excluding carboxylic acids is 1. The van der Waals surface area contributed by atoms with E-state index in [1.165, 1.54) is 12.5 Å². The molecule has 1 rings (SSSR count). The Morgan fingerprint density at radius 1 is 1.67 bits per heavy atom. The normalized spacial score (nSPS) is 10.1. The van der Waals surface area contributed by atoms with Crippen LogP contribution in [-0.2, 0) is 4.74 Å². The highest BCUT2D eigenvalue weighted by Crippen LogP contribution is 2.05. The van der Waals surface area contributed by atoms with Gasteiger partial charge in [0.25, 0.3) is 0 Å². The van der Waals surface area contributed by atoms with Crippen molar-refractivity contribution in [1.29, 1.82) is 0 Å². The van der Waals surface area contributed by atoms with Gasteiger partial charge >= 0.3 is 0 Å². The summed E-state index contributed by atoms with van der Waals surface area (Å²) in [4.78, 5) is 11.3. The summed E-state index contributed by atoms with van der Waals surface area (Å²) in [5, 5.41) is 0. The fourth-order valence-electron chi connectivity index (χ4n) is 0.945. The number of ether oxygens (including phenoxy) is 1. The largest absolute Gasteiger partial charge is 0.472 e. The molecule has 0 spiro atoms. The maximum atomic E-state index is 11.3. The van der Waals surface area contributed by atoms with Crippen molar-refractivity contribution in [1.82, 2.24) is 0 Å². The van der Waals surface area contributed by atoms with Crippen molar-refractivity contribution in [3.05, 3.63) is 24.2 Å². The molecular formula is C9H12O3. The predicted molar refractivity (Wildman–Crippen MR) is 44.1 cm³/mol. The molecule has 0 atom stereocenters. The number of hydrogen-bond donors (Lipinski definition) is 0. The maximum absolute atomic E-state index is 11.3. The Bertz CT molecular complexity index is 226. The monoisotopic (exact) mass is 168 g/mol. The van der Waals surface area contributed by atoms with E-state index in [1.54, 1.807) is 13.2 Å². The summed E-state index contributed by atoms with van der Waals surface area (Å²) in [5.74, 6) is 0.112. The molecule has 1 heterocycles. The van der Waals surface area contributed by atoms with E-state index in [-0.39, 0.29) is 5.78 Å². The molecule has 0 aliphatic rings. The summed E-state index contributed by atoms with van der Waals surface area (Å²) in [6.07, 6.45) is 4.26. The molecule has 0 aliphatic heterocycles. The lowest BCUT2D eigenvalue weighted by Gasteiger charge is -1.96. The van der Waals surface area contributed by atoms with Crippen molar-refractivity contribution in [2.45, 2.75) is 12.8 Å². The molecule has 0 aliphatic carbocycles. The number of carbonyl (C=O) groups is 1. The van der Waals surface area contributed by atoms with Crippen LogP contribution in [-0.4, -0.2) is 19.5 Å². The highest BCUT2D eigenvalue weighted by molar-refractivity contribution is 5.95. The average Bonchev–Trinajstić information content (AvgIpc) is 2.56. The van der Waals surface area contributed by atoms with Crippen molar-refractivity contribution in [3.8, 4) is 0 Å². The van der Waals surface area contributed by atoms with E-state index in [0.717, 1.165) is 6.42 Å². The highest BCUT2D eigenvalue weighted by atomic mass is 16.5. The zero-order valence-electron chi connectivity index (χ0n) is 7.08. The molecule has 0 aromatic carbocycles. The molecule has 0 amide bonds. The van der Waals surface area contributed by atoms with Crippen LogP contribution < -0.4 is 0 Å². The van der Waals surface area contributed by atoms with E-state index in [2.05, 4.69) is 0 Å². The smallest absolute Gasteiger partial charge is 0.166 e. The first-order valence-electron chi connectivity index (χ1n) is 3.89. The molecule has 0 unspecified atom stereocenters. The minimum atomic E-state index is 0.112. The molecule has 3 heteroatoms. The van der Waals surface area contributed by atoms with Gasteiger partial charge in [-0.15, -0.1) is 0 Å². The number of furan rings is 1. The summed E-state index contributed by atoms with van der Waals surface area (Å²) >= 11 is 0. The molecule has 1 aromatic rings. The number of hydrogen-bond acceptors (Lipinski definition) is 3. The van der Waals surface area contributed by atoms with Crippen LogP contribution in [0.2, 0.25) is 0 Å². The maximum Gasteiger partial charge on any atom is 0.166 e. The number of ketones is 1. The molecule has 66 valence electrons.